The van der Waals surface area contributed by atoms with Crippen LogP contribution in [0.5, 0.6) is 0 Å². The number of primary amides is 1. The van der Waals surface area contributed by atoms with Crippen LogP contribution in [0.25, 0.3) is 0 Å². The van der Waals surface area contributed by atoms with Gasteiger partial charge in [0.2, 0.25) is 5.91 Å². The summed E-state index contributed by atoms with van der Waals surface area (Å²) in [5.74, 6) is 0.311. The number of aromatic nitrogens is 2. The number of rotatable bonds is 4. The van der Waals surface area contributed by atoms with Crippen LogP contribution in [0.3, 0.4) is 0 Å². The van der Waals surface area contributed by atoms with Gasteiger partial charge in [0.15, 0.2) is 5.82 Å². The van der Waals surface area contributed by atoms with Crippen molar-refractivity contribution >= 4 is 17.6 Å². The van der Waals surface area contributed by atoms with Gasteiger partial charge in [-0.3, -0.25) is 19.6 Å². The molecular formula is C22H29N5O2. The molecule has 3 heterocycles. The summed E-state index contributed by atoms with van der Waals surface area (Å²) >= 11 is 0. The molecule has 0 saturated carbocycles. The van der Waals surface area contributed by atoms with E-state index in [0.717, 1.165) is 36.7 Å². The highest BCUT2D eigenvalue weighted by molar-refractivity contribution is 6.00. The number of aryl methyl sites for hydroxylation is 1. The maximum atomic E-state index is 12.3. The number of H-pyrrole nitrogens is 1. The lowest BCUT2D eigenvalue weighted by Gasteiger charge is -2.31. The first kappa shape index (κ1) is 19.6. The first-order valence-corrected chi connectivity index (χ1v) is 10.3. The minimum atomic E-state index is -0.562. The van der Waals surface area contributed by atoms with Crippen molar-refractivity contribution in [2.24, 2.45) is 11.7 Å². The van der Waals surface area contributed by atoms with Gasteiger partial charge >= 0.3 is 0 Å². The molecule has 7 heteroatoms. The third-order valence-corrected chi connectivity index (χ3v) is 6.39. The number of nitrogens with one attached hydrogen (secondary N) is 2. The van der Waals surface area contributed by atoms with E-state index in [2.05, 4.69) is 53.3 Å². The van der Waals surface area contributed by atoms with Crippen LogP contribution in [-0.2, 0) is 11.3 Å². The zero-order chi connectivity index (χ0) is 20.7. The summed E-state index contributed by atoms with van der Waals surface area (Å²) in [6.45, 7) is 9.67. The molecule has 29 heavy (non-hydrogen) atoms. The van der Waals surface area contributed by atoms with E-state index in [4.69, 9.17) is 5.73 Å². The van der Waals surface area contributed by atoms with E-state index in [1.165, 1.54) is 24.0 Å². The fraction of sp³-hybridized carbons (Fsp3) is 0.500. The zero-order valence-corrected chi connectivity index (χ0v) is 17.3. The molecule has 1 saturated heterocycles. The van der Waals surface area contributed by atoms with Crippen LogP contribution in [-0.4, -0.2) is 40.0 Å². The minimum absolute atomic E-state index is 0.0995. The third-order valence-electron chi connectivity index (χ3n) is 6.39. The predicted octanol–water partition coefficient (Wildman–Crippen LogP) is 2.83. The van der Waals surface area contributed by atoms with Gasteiger partial charge in [-0.05, 0) is 62.4 Å². The van der Waals surface area contributed by atoms with Crippen LogP contribution in [0.4, 0.5) is 5.82 Å². The molecule has 2 amide bonds. The molecule has 4 N–H and O–H groups in total. The van der Waals surface area contributed by atoms with E-state index >= 15 is 0 Å². The number of carbonyl (C=O) groups is 2. The molecule has 2 aliphatic rings. The average molecular weight is 396 g/mol. The number of anilines is 1. The molecule has 7 nitrogen and oxygen atoms in total. The van der Waals surface area contributed by atoms with Crippen LogP contribution >= 0.6 is 0 Å². The number of benzene rings is 1. The first-order valence-electron chi connectivity index (χ1n) is 10.3. The smallest absolute Gasteiger partial charge is 0.267 e. The lowest BCUT2D eigenvalue weighted by atomic mass is 9.81. The summed E-state index contributed by atoms with van der Waals surface area (Å²) in [6.07, 6.45) is 2.75. The quantitative estimate of drug-likeness (QED) is 0.740. The molecule has 0 spiro atoms. The average Bonchev–Trinajstić information content (AvgIpc) is 3.09. The number of hydrogen-bond acceptors (Lipinski definition) is 4. The maximum absolute atomic E-state index is 12.3. The Morgan fingerprint density at radius 2 is 2.00 bits per heavy atom. The summed E-state index contributed by atoms with van der Waals surface area (Å²) in [5.41, 5.74) is 11.2. The molecule has 0 radical (unpaired) electrons. The second-order valence-electron chi connectivity index (χ2n) is 8.63. The molecule has 1 atom stereocenters. The molecule has 1 fully saturated rings. The van der Waals surface area contributed by atoms with E-state index in [1.807, 2.05) is 0 Å². The minimum Gasteiger partial charge on any atom is -0.364 e. The largest absolute Gasteiger partial charge is 0.364 e. The molecule has 0 aliphatic carbocycles. The Hall–Kier alpha value is -2.67. The van der Waals surface area contributed by atoms with Gasteiger partial charge in [-0.15, -0.1) is 0 Å². The van der Waals surface area contributed by atoms with Crippen molar-refractivity contribution in [1.82, 2.24) is 15.1 Å². The molecule has 1 unspecified atom stereocenters. The van der Waals surface area contributed by atoms with Crippen LogP contribution in [0, 0.1) is 19.8 Å². The number of piperidine rings is 1. The molecular weight excluding hydrogens is 366 g/mol. The van der Waals surface area contributed by atoms with E-state index < -0.39 is 5.91 Å². The fourth-order valence-electron chi connectivity index (χ4n) is 4.66. The van der Waals surface area contributed by atoms with Crippen LogP contribution in [0.2, 0.25) is 0 Å². The Bertz CT molecular complexity index is 956. The molecule has 2 aliphatic heterocycles. The predicted molar refractivity (Wildman–Crippen MR) is 112 cm³/mol. The van der Waals surface area contributed by atoms with E-state index in [0.29, 0.717) is 11.4 Å². The van der Waals surface area contributed by atoms with Crippen molar-refractivity contribution in [3.05, 3.63) is 45.6 Å². The summed E-state index contributed by atoms with van der Waals surface area (Å²) < 4.78 is 0. The summed E-state index contributed by atoms with van der Waals surface area (Å²) in [4.78, 5) is 26.8. The highest BCUT2D eigenvalue weighted by Crippen LogP contribution is 2.40. The number of likely N-dealkylation sites (tertiary alicyclic amines) is 1. The lowest BCUT2D eigenvalue weighted by Crippen LogP contribution is -2.32. The van der Waals surface area contributed by atoms with E-state index in [1.54, 1.807) is 0 Å². The monoisotopic (exact) mass is 395 g/mol. The number of aromatic amines is 1. The number of fused-ring (bicyclic) bond motifs is 1. The Kier molecular flexibility index (Phi) is 5.17. The van der Waals surface area contributed by atoms with Crippen LogP contribution in [0.15, 0.2) is 12.1 Å². The summed E-state index contributed by atoms with van der Waals surface area (Å²) in [5, 5.41) is 9.58. The molecule has 4 rings (SSSR count). The van der Waals surface area contributed by atoms with E-state index in [-0.39, 0.29) is 23.9 Å². The number of amides is 2. The first-order chi connectivity index (χ1) is 13.8. The number of nitrogens with zero attached hydrogens (tertiary/aromatic N) is 2. The molecule has 154 valence electrons. The summed E-state index contributed by atoms with van der Waals surface area (Å²) in [7, 11) is 0. The number of carbonyl (C=O) groups excluding carboxylic acids is 2. The Balaban J connectivity index is 1.72. The Morgan fingerprint density at radius 1 is 1.28 bits per heavy atom. The molecule has 1 aromatic carbocycles. The van der Waals surface area contributed by atoms with Crippen molar-refractivity contribution < 1.29 is 9.59 Å². The van der Waals surface area contributed by atoms with Gasteiger partial charge in [-0.2, -0.15) is 5.10 Å². The normalized spacial score (nSPS) is 20.4. The van der Waals surface area contributed by atoms with Crippen molar-refractivity contribution in [2.45, 2.75) is 52.5 Å². The maximum Gasteiger partial charge on any atom is 0.267 e. The second kappa shape index (κ2) is 7.63. The molecule has 1 aromatic heterocycles. The van der Waals surface area contributed by atoms with Crippen LogP contribution in [0.1, 0.15) is 70.4 Å². The molecule has 0 bridgehead atoms. The number of nitrogens with two attached hydrogens (primary N) is 1. The summed E-state index contributed by atoms with van der Waals surface area (Å²) in [6, 6.07) is 4.37. The van der Waals surface area contributed by atoms with Gasteiger partial charge in [0.1, 0.15) is 5.69 Å². The van der Waals surface area contributed by atoms with Gasteiger partial charge in [-0.25, -0.2) is 0 Å². The van der Waals surface area contributed by atoms with Gasteiger partial charge < -0.3 is 11.1 Å². The lowest BCUT2D eigenvalue weighted by molar-refractivity contribution is -0.116. The van der Waals surface area contributed by atoms with Gasteiger partial charge in [0.05, 0.1) is 0 Å². The standard InChI is InChI=1S/C22H29N5O2/c1-12-4-6-27(7-5-12)11-15-8-13(2)9-16(14(15)3)17-10-18(28)24-22-19(17)20(21(23)29)25-26-22/h8-9,12,17H,4-7,10-11H2,1-3H3,(H2,23,29)(H2,24,25,26,28). The number of hydrogen-bond donors (Lipinski definition) is 3. The van der Waals surface area contributed by atoms with Crippen molar-refractivity contribution in [3.8, 4) is 0 Å². The molecule has 2 aromatic rings. The van der Waals surface area contributed by atoms with Gasteiger partial charge in [0, 0.05) is 24.4 Å². The highest BCUT2D eigenvalue weighted by atomic mass is 16.2. The van der Waals surface area contributed by atoms with Crippen molar-refractivity contribution in [2.75, 3.05) is 18.4 Å². The third kappa shape index (κ3) is 3.79. The Labute approximate surface area is 171 Å². The zero-order valence-electron chi connectivity index (χ0n) is 17.3. The van der Waals surface area contributed by atoms with Crippen LogP contribution < -0.4 is 11.1 Å². The topological polar surface area (TPSA) is 104 Å². The fourth-order valence-corrected chi connectivity index (χ4v) is 4.66. The van der Waals surface area contributed by atoms with Gasteiger partial charge in [-0.1, -0.05) is 24.6 Å². The SMILES string of the molecule is Cc1cc(CN2CCC(C)CC2)c(C)c(C2CC(=O)Nc3n[nH]c(C(N)=O)c32)c1. The van der Waals surface area contributed by atoms with Crippen molar-refractivity contribution in [1.29, 1.82) is 0 Å². The van der Waals surface area contributed by atoms with Gasteiger partial charge in [0.25, 0.3) is 5.91 Å². The Morgan fingerprint density at radius 3 is 2.69 bits per heavy atom. The highest BCUT2D eigenvalue weighted by Gasteiger charge is 2.34. The second-order valence-corrected chi connectivity index (χ2v) is 8.63. The van der Waals surface area contributed by atoms with Crippen molar-refractivity contribution in [3.63, 3.8) is 0 Å². The van der Waals surface area contributed by atoms with E-state index in [9.17, 15) is 9.59 Å².